The standard InChI is InChI=1S/C25H31N5OS/c1-3-14-32-29-23-16-19(6-9-24(23)31-2)22-15-20(17-28-25(22)26)18-4-7-21(8-5-18)30-12-10-27-11-13-30/h4-9,15-17,27,29H,3,10-14H2,1-2H3,(H2,26,28). The van der Waals surface area contributed by atoms with Crippen LogP contribution in [0.15, 0.2) is 54.7 Å². The van der Waals surface area contributed by atoms with Gasteiger partial charge in [-0.1, -0.05) is 37.1 Å². The molecule has 1 aromatic heterocycles. The molecule has 0 amide bonds. The van der Waals surface area contributed by atoms with Crippen molar-refractivity contribution in [2.45, 2.75) is 13.3 Å². The number of hydrogen-bond acceptors (Lipinski definition) is 7. The molecule has 0 saturated carbocycles. The molecule has 2 aromatic carbocycles. The van der Waals surface area contributed by atoms with Crippen LogP contribution in [0.25, 0.3) is 22.3 Å². The summed E-state index contributed by atoms with van der Waals surface area (Å²) in [7, 11) is 1.69. The largest absolute Gasteiger partial charge is 0.495 e. The fourth-order valence-corrected chi connectivity index (χ4v) is 4.46. The third-order valence-corrected chi connectivity index (χ3v) is 6.58. The lowest BCUT2D eigenvalue weighted by molar-refractivity contribution is 0.417. The highest BCUT2D eigenvalue weighted by Crippen LogP contribution is 2.36. The molecular formula is C25H31N5OS. The van der Waals surface area contributed by atoms with Gasteiger partial charge >= 0.3 is 0 Å². The summed E-state index contributed by atoms with van der Waals surface area (Å²) in [5.74, 6) is 2.35. The van der Waals surface area contributed by atoms with E-state index in [4.69, 9.17) is 10.5 Å². The van der Waals surface area contributed by atoms with Gasteiger partial charge in [0.15, 0.2) is 0 Å². The Kier molecular flexibility index (Phi) is 7.39. The summed E-state index contributed by atoms with van der Waals surface area (Å²) in [4.78, 5) is 6.91. The first-order valence-electron chi connectivity index (χ1n) is 11.1. The molecule has 0 bridgehead atoms. The van der Waals surface area contributed by atoms with E-state index in [1.807, 2.05) is 18.3 Å². The molecule has 4 N–H and O–H groups in total. The monoisotopic (exact) mass is 449 g/mol. The van der Waals surface area contributed by atoms with Gasteiger partial charge in [-0.15, -0.1) is 0 Å². The van der Waals surface area contributed by atoms with Gasteiger partial charge in [0.1, 0.15) is 11.6 Å². The lowest BCUT2D eigenvalue weighted by Gasteiger charge is -2.29. The predicted molar refractivity (Wildman–Crippen MR) is 138 cm³/mol. The van der Waals surface area contributed by atoms with Crippen LogP contribution in [0.3, 0.4) is 0 Å². The van der Waals surface area contributed by atoms with E-state index in [1.165, 1.54) is 5.69 Å². The van der Waals surface area contributed by atoms with Gasteiger partial charge in [-0.2, -0.15) is 0 Å². The smallest absolute Gasteiger partial charge is 0.142 e. The van der Waals surface area contributed by atoms with Crippen LogP contribution in [0.2, 0.25) is 0 Å². The molecule has 2 heterocycles. The van der Waals surface area contributed by atoms with E-state index in [1.54, 1.807) is 19.1 Å². The lowest BCUT2D eigenvalue weighted by Crippen LogP contribution is -2.43. The Balaban J connectivity index is 1.61. The minimum absolute atomic E-state index is 0.517. The first-order chi connectivity index (χ1) is 15.7. The second-order valence-corrected chi connectivity index (χ2v) is 8.71. The fourth-order valence-electron chi connectivity index (χ4n) is 3.84. The number of hydrogen-bond donors (Lipinski definition) is 3. The summed E-state index contributed by atoms with van der Waals surface area (Å²) < 4.78 is 8.92. The average molecular weight is 450 g/mol. The maximum atomic E-state index is 6.28. The van der Waals surface area contributed by atoms with Crippen LogP contribution in [0.1, 0.15) is 13.3 Å². The quantitative estimate of drug-likeness (QED) is 0.334. The van der Waals surface area contributed by atoms with Crippen LogP contribution in [0, 0.1) is 0 Å². The summed E-state index contributed by atoms with van der Waals surface area (Å²) in [6, 6.07) is 16.9. The Labute approximate surface area is 194 Å². The number of nitrogens with two attached hydrogens (primary N) is 1. The lowest BCUT2D eigenvalue weighted by atomic mass is 10.00. The molecule has 3 aromatic rings. The number of nitrogen functional groups attached to an aromatic ring is 1. The maximum Gasteiger partial charge on any atom is 0.142 e. The highest BCUT2D eigenvalue weighted by atomic mass is 32.2. The van der Waals surface area contributed by atoms with Gasteiger partial charge in [0.2, 0.25) is 0 Å². The second kappa shape index (κ2) is 10.6. The van der Waals surface area contributed by atoms with E-state index in [0.717, 1.165) is 72.0 Å². The summed E-state index contributed by atoms with van der Waals surface area (Å²) in [6.07, 6.45) is 2.95. The van der Waals surface area contributed by atoms with Crippen molar-refractivity contribution >= 4 is 29.1 Å². The number of benzene rings is 2. The van der Waals surface area contributed by atoms with E-state index in [0.29, 0.717) is 5.82 Å². The van der Waals surface area contributed by atoms with E-state index in [-0.39, 0.29) is 0 Å². The molecule has 7 heteroatoms. The highest BCUT2D eigenvalue weighted by molar-refractivity contribution is 8.00. The van der Waals surface area contributed by atoms with Gasteiger partial charge in [0, 0.05) is 54.9 Å². The zero-order chi connectivity index (χ0) is 22.3. The average Bonchev–Trinajstić information content (AvgIpc) is 2.85. The van der Waals surface area contributed by atoms with Gasteiger partial charge in [-0.3, -0.25) is 0 Å². The molecule has 0 aliphatic carbocycles. The van der Waals surface area contributed by atoms with Crippen LogP contribution >= 0.6 is 11.9 Å². The molecule has 1 saturated heterocycles. The number of nitrogens with zero attached hydrogens (tertiary/aromatic N) is 2. The van der Waals surface area contributed by atoms with Gasteiger partial charge < -0.3 is 25.4 Å². The molecule has 0 unspecified atom stereocenters. The van der Waals surface area contributed by atoms with E-state index < -0.39 is 0 Å². The topological polar surface area (TPSA) is 75.4 Å². The van der Waals surface area contributed by atoms with Crippen molar-refractivity contribution in [3.63, 3.8) is 0 Å². The van der Waals surface area contributed by atoms with Crippen molar-refractivity contribution in [3.8, 4) is 28.0 Å². The van der Waals surface area contributed by atoms with Crippen molar-refractivity contribution in [2.75, 3.05) is 54.4 Å². The Morgan fingerprint density at radius 3 is 2.53 bits per heavy atom. The number of pyridine rings is 1. The second-order valence-electron chi connectivity index (χ2n) is 7.81. The minimum Gasteiger partial charge on any atom is -0.495 e. The van der Waals surface area contributed by atoms with Gasteiger partial charge in [0.25, 0.3) is 0 Å². The van der Waals surface area contributed by atoms with Crippen LogP contribution in [-0.2, 0) is 0 Å². The summed E-state index contributed by atoms with van der Waals surface area (Å²) >= 11 is 1.67. The number of nitrogens with one attached hydrogen (secondary N) is 2. The minimum atomic E-state index is 0.517. The molecule has 1 fully saturated rings. The number of rotatable bonds is 8. The molecule has 0 radical (unpaired) electrons. The summed E-state index contributed by atoms with van der Waals surface area (Å²) in [6.45, 7) is 6.30. The molecule has 0 atom stereocenters. The molecule has 168 valence electrons. The molecule has 32 heavy (non-hydrogen) atoms. The van der Waals surface area contributed by atoms with Crippen molar-refractivity contribution in [3.05, 3.63) is 54.7 Å². The molecular weight excluding hydrogens is 418 g/mol. The third-order valence-electron chi connectivity index (χ3n) is 5.60. The van der Waals surface area contributed by atoms with Crippen molar-refractivity contribution in [2.24, 2.45) is 0 Å². The molecule has 1 aliphatic heterocycles. The highest BCUT2D eigenvalue weighted by Gasteiger charge is 2.13. The van der Waals surface area contributed by atoms with E-state index in [9.17, 15) is 0 Å². The molecule has 0 spiro atoms. The first kappa shape index (κ1) is 22.3. The zero-order valence-corrected chi connectivity index (χ0v) is 19.5. The normalized spacial score (nSPS) is 13.8. The SMILES string of the molecule is CCCSNc1cc(-c2cc(-c3ccc(N4CCNCC4)cc3)cnc2N)ccc1OC. The van der Waals surface area contributed by atoms with E-state index >= 15 is 0 Å². The van der Waals surface area contributed by atoms with Crippen molar-refractivity contribution in [1.82, 2.24) is 10.3 Å². The Hall–Kier alpha value is -2.90. The fraction of sp³-hybridized carbons (Fsp3) is 0.320. The third kappa shape index (κ3) is 5.11. The number of piperazine rings is 1. The van der Waals surface area contributed by atoms with Crippen LogP contribution in [0.4, 0.5) is 17.2 Å². The van der Waals surface area contributed by atoms with Gasteiger partial charge in [0.05, 0.1) is 12.8 Å². The molecule has 1 aliphatic rings. The number of methoxy groups -OCH3 is 1. The number of aromatic nitrogens is 1. The molecule has 6 nitrogen and oxygen atoms in total. The van der Waals surface area contributed by atoms with Crippen molar-refractivity contribution < 1.29 is 4.74 Å². The Morgan fingerprint density at radius 2 is 1.81 bits per heavy atom. The predicted octanol–water partition coefficient (Wildman–Crippen LogP) is 4.89. The summed E-state index contributed by atoms with van der Waals surface area (Å²) in [5.41, 5.74) is 12.6. The van der Waals surface area contributed by atoms with Gasteiger partial charge in [-0.25, -0.2) is 4.98 Å². The van der Waals surface area contributed by atoms with E-state index in [2.05, 4.69) is 63.2 Å². The first-order valence-corrected chi connectivity index (χ1v) is 12.1. The number of ether oxygens (including phenoxy) is 1. The number of anilines is 3. The molecule has 4 rings (SSSR count). The van der Waals surface area contributed by atoms with Crippen LogP contribution in [0.5, 0.6) is 5.75 Å². The Bertz CT molecular complexity index is 1040. The van der Waals surface area contributed by atoms with Gasteiger partial charge in [-0.05, 0) is 47.9 Å². The maximum absolute atomic E-state index is 6.28. The Morgan fingerprint density at radius 1 is 1.06 bits per heavy atom. The van der Waals surface area contributed by atoms with Crippen LogP contribution < -0.4 is 25.4 Å². The van der Waals surface area contributed by atoms with Crippen molar-refractivity contribution in [1.29, 1.82) is 0 Å². The zero-order valence-electron chi connectivity index (χ0n) is 18.7. The summed E-state index contributed by atoms with van der Waals surface area (Å²) in [5, 5.41) is 3.40. The van der Waals surface area contributed by atoms with Crippen LogP contribution in [-0.4, -0.2) is 44.0 Å².